The van der Waals surface area contributed by atoms with Crippen LogP contribution in [0, 0.1) is 6.92 Å². The first-order valence-corrected chi connectivity index (χ1v) is 7.88. The Hall–Kier alpha value is -1.99. The number of allylic oxidation sites excluding steroid dienone is 3. The van der Waals surface area contributed by atoms with E-state index in [9.17, 15) is 0 Å². The van der Waals surface area contributed by atoms with Crippen LogP contribution < -0.4 is 0 Å². The molecule has 1 aliphatic rings. The highest BCUT2D eigenvalue weighted by atomic mass is 35.5. The second-order valence-electron chi connectivity index (χ2n) is 5.49. The van der Waals surface area contributed by atoms with Crippen molar-refractivity contribution >= 4 is 22.7 Å². The van der Waals surface area contributed by atoms with Crippen molar-refractivity contribution in [2.45, 2.75) is 19.8 Å². The molecule has 0 aromatic heterocycles. The van der Waals surface area contributed by atoms with Gasteiger partial charge in [-0.3, -0.25) is 0 Å². The molecule has 1 nitrogen and oxygen atoms in total. The van der Waals surface area contributed by atoms with Crippen LogP contribution in [0.25, 0.3) is 11.1 Å². The van der Waals surface area contributed by atoms with Gasteiger partial charge in [0.25, 0.3) is 0 Å². The van der Waals surface area contributed by atoms with E-state index in [0.29, 0.717) is 0 Å². The minimum absolute atomic E-state index is 0.751. The molecule has 0 atom stereocenters. The van der Waals surface area contributed by atoms with Crippen LogP contribution in [0.2, 0.25) is 5.02 Å². The lowest BCUT2D eigenvalue weighted by Crippen LogP contribution is -2.03. The summed E-state index contributed by atoms with van der Waals surface area (Å²) >= 11 is 6.04. The quantitative estimate of drug-likeness (QED) is 0.687. The highest BCUT2D eigenvalue weighted by Crippen LogP contribution is 2.40. The molecule has 0 bridgehead atoms. The maximum atomic E-state index is 6.04. The van der Waals surface area contributed by atoms with E-state index in [0.717, 1.165) is 29.2 Å². The minimum atomic E-state index is 0.751. The zero-order valence-corrected chi connectivity index (χ0v) is 13.7. The van der Waals surface area contributed by atoms with Gasteiger partial charge in [-0.15, -0.1) is 0 Å². The molecule has 0 fully saturated rings. The second kappa shape index (κ2) is 6.41. The standard InChI is InChI=1S/C20H19ClO/c1-14-6-3-4-7-17(14)18-8-5-9-19(22-2)20(18)15-10-12-16(21)13-11-15/h3-4,6-7,9-13H,5,8H2,1-2H3. The summed E-state index contributed by atoms with van der Waals surface area (Å²) in [5.74, 6) is 0.951. The fourth-order valence-corrected chi connectivity index (χ4v) is 3.15. The van der Waals surface area contributed by atoms with Gasteiger partial charge in [0, 0.05) is 10.6 Å². The van der Waals surface area contributed by atoms with Gasteiger partial charge < -0.3 is 4.74 Å². The van der Waals surface area contributed by atoms with Crippen molar-refractivity contribution in [3.05, 3.63) is 82.1 Å². The maximum Gasteiger partial charge on any atom is 0.123 e. The molecule has 0 amide bonds. The van der Waals surface area contributed by atoms with Gasteiger partial charge in [0.15, 0.2) is 0 Å². The first kappa shape index (κ1) is 14.9. The highest BCUT2D eigenvalue weighted by Gasteiger charge is 2.20. The average molecular weight is 311 g/mol. The third kappa shape index (κ3) is 2.82. The Bertz CT molecular complexity index is 739. The Balaban J connectivity index is 2.22. The molecule has 2 aromatic rings. The Morgan fingerprint density at radius 2 is 1.73 bits per heavy atom. The molecular formula is C20H19ClO. The lowest BCUT2D eigenvalue weighted by molar-refractivity contribution is 0.308. The molecule has 0 spiro atoms. The fraction of sp³-hybridized carbons (Fsp3) is 0.200. The SMILES string of the molecule is COC1=CCCC(c2ccccc2C)=C1c1ccc(Cl)cc1. The van der Waals surface area contributed by atoms with Crippen molar-refractivity contribution in [3.63, 3.8) is 0 Å². The van der Waals surface area contributed by atoms with E-state index >= 15 is 0 Å². The van der Waals surface area contributed by atoms with Gasteiger partial charge in [-0.2, -0.15) is 0 Å². The Morgan fingerprint density at radius 3 is 2.41 bits per heavy atom. The van der Waals surface area contributed by atoms with Crippen LogP contribution in [-0.4, -0.2) is 7.11 Å². The van der Waals surface area contributed by atoms with E-state index in [-0.39, 0.29) is 0 Å². The molecule has 0 radical (unpaired) electrons. The predicted molar refractivity (Wildman–Crippen MR) is 93.8 cm³/mol. The molecular weight excluding hydrogens is 292 g/mol. The molecule has 22 heavy (non-hydrogen) atoms. The van der Waals surface area contributed by atoms with E-state index in [1.165, 1.54) is 22.3 Å². The first-order valence-electron chi connectivity index (χ1n) is 7.50. The number of hydrogen-bond acceptors (Lipinski definition) is 1. The topological polar surface area (TPSA) is 9.23 Å². The summed E-state index contributed by atoms with van der Waals surface area (Å²) in [5, 5.41) is 0.751. The van der Waals surface area contributed by atoms with E-state index in [1.807, 2.05) is 12.1 Å². The normalized spacial score (nSPS) is 14.8. The molecule has 0 aliphatic heterocycles. The molecule has 112 valence electrons. The minimum Gasteiger partial charge on any atom is -0.496 e. The average Bonchev–Trinajstić information content (AvgIpc) is 2.55. The Labute approximate surface area is 136 Å². The molecule has 0 unspecified atom stereocenters. The Kier molecular flexibility index (Phi) is 4.35. The lowest BCUT2D eigenvalue weighted by Gasteiger charge is -2.23. The van der Waals surface area contributed by atoms with Crippen LogP contribution in [-0.2, 0) is 4.74 Å². The number of aryl methyl sites for hydroxylation is 1. The molecule has 0 saturated heterocycles. The number of ether oxygens (including phenoxy) is 1. The van der Waals surface area contributed by atoms with E-state index in [2.05, 4.69) is 49.4 Å². The van der Waals surface area contributed by atoms with Crippen molar-refractivity contribution in [3.8, 4) is 0 Å². The van der Waals surface area contributed by atoms with Crippen molar-refractivity contribution in [2.75, 3.05) is 7.11 Å². The van der Waals surface area contributed by atoms with Crippen LogP contribution in [0.15, 0.2) is 60.4 Å². The number of benzene rings is 2. The summed E-state index contributed by atoms with van der Waals surface area (Å²) in [6.45, 7) is 2.16. The molecule has 2 aromatic carbocycles. The highest BCUT2D eigenvalue weighted by molar-refractivity contribution is 6.30. The van der Waals surface area contributed by atoms with Crippen molar-refractivity contribution in [1.29, 1.82) is 0 Å². The molecule has 1 aliphatic carbocycles. The molecule has 0 N–H and O–H groups in total. The van der Waals surface area contributed by atoms with Crippen molar-refractivity contribution < 1.29 is 4.74 Å². The van der Waals surface area contributed by atoms with E-state index < -0.39 is 0 Å². The van der Waals surface area contributed by atoms with Gasteiger partial charge in [0.1, 0.15) is 5.76 Å². The molecule has 2 heteroatoms. The first-order chi connectivity index (χ1) is 10.7. The monoisotopic (exact) mass is 310 g/mol. The largest absolute Gasteiger partial charge is 0.496 e. The van der Waals surface area contributed by atoms with Crippen LogP contribution >= 0.6 is 11.6 Å². The zero-order chi connectivity index (χ0) is 15.5. The summed E-state index contributed by atoms with van der Waals surface area (Å²) < 4.78 is 5.65. The zero-order valence-electron chi connectivity index (χ0n) is 12.9. The summed E-state index contributed by atoms with van der Waals surface area (Å²) in [7, 11) is 1.74. The summed E-state index contributed by atoms with van der Waals surface area (Å²) in [6, 6.07) is 16.5. The third-order valence-corrected chi connectivity index (χ3v) is 4.35. The molecule has 0 heterocycles. The number of methoxy groups -OCH3 is 1. The van der Waals surface area contributed by atoms with Crippen molar-refractivity contribution in [1.82, 2.24) is 0 Å². The molecule has 0 saturated carbocycles. The van der Waals surface area contributed by atoms with Gasteiger partial charge in [0.2, 0.25) is 0 Å². The maximum absolute atomic E-state index is 6.04. The summed E-state index contributed by atoms with van der Waals surface area (Å²) in [4.78, 5) is 0. The summed E-state index contributed by atoms with van der Waals surface area (Å²) in [6.07, 6.45) is 4.20. The van der Waals surface area contributed by atoms with Crippen LogP contribution in [0.5, 0.6) is 0 Å². The van der Waals surface area contributed by atoms with E-state index in [1.54, 1.807) is 7.11 Å². The van der Waals surface area contributed by atoms with Gasteiger partial charge in [-0.05, 0) is 60.2 Å². The number of rotatable bonds is 3. The predicted octanol–water partition coefficient (Wildman–Crippen LogP) is 5.88. The van der Waals surface area contributed by atoms with Crippen molar-refractivity contribution in [2.24, 2.45) is 0 Å². The molecule has 3 rings (SSSR count). The second-order valence-corrected chi connectivity index (χ2v) is 5.92. The van der Waals surface area contributed by atoms with Gasteiger partial charge in [-0.25, -0.2) is 0 Å². The smallest absolute Gasteiger partial charge is 0.123 e. The van der Waals surface area contributed by atoms with Crippen LogP contribution in [0.4, 0.5) is 0 Å². The number of halogens is 1. The van der Waals surface area contributed by atoms with Crippen LogP contribution in [0.1, 0.15) is 29.5 Å². The van der Waals surface area contributed by atoms with Crippen LogP contribution in [0.3, 0.4) is 0 Å². The van der Waals surface area contributed by atoms with Gasteiger partial charge in [0.05, 0.1) is 7.11 Å². The van der Waals surface area contributed by atoms with Gasteiger partial charge in [-0.1, -0.05) is 48.0 Å². The number of hydrogen-bond donors (Lipinski definition) is 0. The lowest BCUT2D eigenvalue weighted by atomic mass is 9.85. The van der Waals surface area contributed by atoms with Gasteiger partial charge >= 0.3 is 0 Å². The van der Waals surface area contributed by atoms with E-state index in [4.69, 9.17) is 16.3 Å². The third-order valence-electron chi connectivity index (χ3n) is 4.10. The summed E-state index contributed by atoms with van der Waals surface area (Å²) in [5.41, 5.74) is 6.27. The fourth-order valence-electron chi connectivity index (χ4n) is 3.02. The Morgan fingerprint density at radius 1 is 1.00 bits per heavy atom.